The number of hydrogen-bond acceptors (Lipinski definition) is 2. The first-order valence-electron chi connectivity index (χ1n) is 6.41. The highest BCUT2D eigenvalue weighted by Crippen LogP contribution is 2.29. The number of aliphatic hydroxyl groups excluding tert-OH is 1. The molecule has 0 aliphatic heterocycles. The van der Waals surface area contributed by atoms with Gasteiger partial charge in [-0.3, -0.25) is 0 Å². The van der Waals surface area contributed by atoms with Gasteiger partial charge in [0.05, 0.1) is 18.0 Å². The standard InChI is InChI=1S/C15H19ClN2O/c1-9(2)14-12(8-19)15(16)18(17-14)13-6-5-10(3)7-11(13)4/h5-7,9,19H,8H2,1-4H3. The van der Waals surface area contributed by atoms with Crippen molar-refractivity contribution in [2.24, 2.45) is 0 Å². The highest BCUT2D eigenvalue weighted by Gasteiger charge is 2.19. The fourth-order valence-corrected chi connectivity index (χ4v) is 2.54. The third-order valence-corrected chi connectivity index (χ3v) is 3.63. The Kier molecular flexibility index (Phi) is 3.97. The molecule has 0 bridgehead atoms. The first kappa shape index (κ1) is 14.1. The number of nitrogens with zero attached hydrogens (tertiary/aromatic N) is 2. The van der Waals surface area contributed by atoms with Gasteiger partial charge in [0.25, 0.3) is 0 Å². The zero-order chi connectivity index (χ0) is 14.2. The van der Waals surface area contributed by atoms with Gasteiger partial charge in [0.15, 0.2) is 0 Å². The van der Waals surface area contributed by atoms with Gasteiger partial charge in [-0.15, -0.1) is 0 Å². The number of benzene rings is 1. The average Bonchev–Trinajstić information content (AvgIpc) is 2.66. The van der Waals surface area contributed by atoms with E-state index < -0.39 is 0 Å². The molecule has 0 spiro atoms. The van der Waals surface area contributed by atoms with Crippen molar-refractivity contribution >= 4 is 11.6 Å². The Labute approximate surface area is 118 Å². The van der Waals surface area contributed by atoms with Gasteiger partial charge in [-0.05, 0) is 31.4 Å². The van der Waals surface area contributed by atoms with Crippen LogP contribution in [-0.2, 0) is 6.61 Å². The number of halogens is 1. The maximum atomic E-state index is 9.48. The molecule has 2 aromatic rings. The van der Waals surface area contributed by atoms with E-state index in [1.165, 1.54) is 5.56 Å². The van der Waals surface area contributed by atoms with E-state index in [2.05, 4.69) is 18.1 Å². The lowest BCUT2D eigenvalue weighted by molar-refractivity contribution is 0.280. The minimum Gasteiger partial charge on any atom is -0.391 e. The van der Waals surface area contributed by atoms with Crippen LogP contribution < -0.4 is 0 Å². The summed E-state index contributed by atoms with van der Waals surface area (Å²) in [5.74, 6) is 0.228. The van der Waals surface area contributed by atoms with E-state index in [1.54, 1.807) is 4.68 Å². The Bertz CT molecular complexity index is 602. The molecule has 1 heterocycles. The zero-order valence-electron chi connectivity index (χ0n) is 11.7. The lowest BCUT2D eigenvalue weighted by atomic mass is 10.1. The quantitative estimate of drug-likeness (QED) is 0.928. The van der Waals surface area contributed by atoms with Crippen molar-refractivity contribution in [3.05, 3.63) is 45.7 Å². The van der Waals surface area contributed by atoms with Gasteiger partial charge in [-0.2, -0.15) is 5.10 Å². The van der Waals surface area contributed by atoms with Crippen molar-refractivity contribution < 1.29 is 5.11 Å². The largest absolute Gasteiger partial charge is 0.391 e. The van der Waals surface area contributed by atoms with E-state index in [0.29, 0.717) is 5.15 Å². The van der Waals surface area contributed by atoms with Gasteiger partial charge >= 0.3 is 0 Å². The van der Waals surface area contributed by atoms with Gasteiger partial charge in [-0.25, -0.2) is 4.68 Å². The summed E-state index contributed by atoms with van der Waals surface area (Å²) in [5, 5.41) is 14.5. The first-order chi connectivity index (χ1) is 8.95. The van der Waals surface area contributed by atoms with Crippen molar-refractivity contribution in [3.63, 3.8) is 0 Å². The van der Waals surface area contributed by atoms with Crippen LogP contribution in [0, 0.1) is 13.8 Å². The maximum absolute atomic E-state index is 9.48. The van der Waals surface area contributed by atoms with Crippen LogP contribution in [0.1, 0.15) is 42.1 Å². The highest BCUT2D eigenvalue weighted by atomic mass is 35.5. The molecule has 0 saturated heterocycles. The van der Waals surface area contributed by atoms with Crippen molar-refractivity contribution in [2.75, 3.05) is 0 Å². The minimum atomic E-state index is -0.0861. The lowest BCUT2D eigenvalue weighted by Gasteiger charge is -2.08. The van der Waals surface area contributed by atoms with Crippen LogP contribution in [0.25, 0.3) is 5.69 Å². The van der Waals surface area contributed by atoms with Crippen LogP contribution in [0.4, 0.5) is 0 Å². The van der Waals surface area contributed by atoms with E-state index >= 15 is 0 Å². The molecule has 0 unspecified atom stereocenters. The molecule has 1 aromatic carbocycles. The van der Waals surface area contributed by atoms with Gasteiger partial charge < -0.3 is 5.11 Å². The molecular formula is C15H19ClN2O. The molecule has 4 heteroatoms. The van der Waals surface area contributed by atoms with Crippen LogP contribution in [0.3, 0.4) is 0 Å². The molecule has 1 aromatic heterocycles. The second-order valence-corrected chi connectivity index (χ2v) is 5.53. The molecule has 0 amide bonds. The van der Waals surface area contributed by atoms with E-state index in [1.807, 2.05) is 32.9 Å². The number of aryl methyl sites for hydroxylation is 2. The van der Waals surface area contributed by atoms with E-state index in [4.69, 9.17) is 11.6 Å². The second-order valence-electron chi connectivity index (χ2n) is 5.17. The summed E-state index contributed by atoms with van der Waals surface area (Å²) in [5.41, 5.74) is 4.85. The number of rotatable bonds is 3. The van der Waals surface area contributed by atoms with Gasteiger partial charge in [0, 0.05) is 5.56 Å². The Morgan fingerprint density at radius 2 is 2.00 bits per heavy atom. The topological polar surface area (TPSA) is 38.0 Å². The van der Waals surface area contributed by atoms with Gasteiger partial charge in [0.1, 0.15) is 5.15 Å². The Hall–Kier alpha value is -1.32. The van der Waals surface area contributed by atoms with Crippen molar-refractivity contribution in [1.29, 1.82) is 0 Å². The number of hydrogen-bond donors (Lipinski definition) is 1. The Morgan fingerprint density at radius 1 is 1.32 bits per heavy atom. The summed E-state index contributed by atoms with van der Waals surface area (Å²) in [6.07, 6.45) is 0. The molecule has 0 aliphatic rings. The molecule has 3 nitrogen and oxygen atoms in total. The SMILES string of the molecule is Cc1ccc(-n2nc(C(C)C)c(CO)c2Cl)c(C)c1. The summed E-state index contributed by atoms with van der Waals surface area (Å²) < 4.78 is 1.72. The molecule has 0 fully saturated rings. The molecular weight excluding hydrogens is 260 g/mol. The van der Waals surface area contributed by atoms with Crippen LogP contribution in [0.15, 0.2) is 18.2 Å². The molecule has 0 atom stereocenters. The number of aromatic nitrogens is 2. The monoisotopic (exact) mass is 278 g/mol. The minimum absolute atomic E-state index is 0.0861. The third kappa shape index (κ3) is 2.53. The van der Waals surface area contributed by atoms with Gasteiger partial charge in [0.2, 0.25) is 0 Å². The summed E-state index contributed by atoms with van der Waals surface area (Å²) >= 11 is 6.36. The summed E-state index contributed by atoms with van der Waals surface area (Å²) in [7, 11) is 0. The lowest BCUT2D eigenvalue weighted by Crippen LogP contribution is -2.01. The van der Waals surface area contributed by atoms with Gasteiger partial charge in [-0.1, -0.05) is 43.1 Å². The summed E-state index contributed by atoms with van der Waals surface area (Å²) in [4.78, 5) is 0. The maximum Gasteiger partial charge on any atom is 0.138 e. The summed E-state index contributed by atoms with van der Waals surface area (Å²) in [6.45, 7) is 8.10. The van der Waals surface area contributed by atoms with Crippen molar-refractivity contribution in [3.8, 4) is 5.69 Å². The Balaban J connectivity index is 2.63. The van der Waals surface area contributed by atoms with E-state index in [0.717, 1.165) is 22.5 Å². The second kappa shape index (κ2) is 5.35. The summed E-state index contributed by atoms with van der Waals surface area (Å²) in [6, 6.07) is 6.14. The smallest absolute Gasteiger partial charge is 0.138 e. The molecule has 102 valence electrons. The average molecular weight is 279 g/mol. The van der Waals surface area contributed by atoms with Crippen LogP contribution >= 0.6 is 11.6 Å². The first-order valence-corrected chi connectivity index (χ1v) is 6.79. The number of aliphatic hydroxyl groups is 1. The van der Waals surface area contributed by atoms with Crippen molar-refractivity contribution in [1.82, 2.24) is 9.78 Å². The van der Waals surface area contributed by atoms with E-state index in [-0.39, 0.29) is 12.5 Å². The zero-order valence-corrected chi connectivity index (χ0v) is 12.5. The van der Waals surface area contributed by atoms with Crippen LogP contribution in [0.5, 0.6) is 0 Å². The molecule has 0 aliphatic carbocycles. The highest BCUT2D eigenvalue weighted by molar-refractivity contribution is 6.30. The molecule has 1 N–H and O–H groups in total. The molecule has 0 radical (unpaired) electrons. The molecule has 0 saturated carbocycles. The predicted molar refractivity (Wildman–Crippen MR) is 78.1 cm³/mol. The van der Waals surface area contributed by atoms with Crippen LogP contribution in [0.2, 0.25) is 5.15 Å². The van der Waals surface area contributed by atoms with Crippen LogP contribution in [-0.4, -0.2) is 14.9 Å². The van der Waals surface area contributed by atoms with E-state index in [9.17, 15) is 5.11 Å². The fourth-order valence-electron chi connectivity index (χ4n) is 2.26. The molecule has 2 rings (SSSR count). The fraction of sp³-hybridized carbons (Fsp3) is 0.400. The third-order valence-electron chi connectivity index (χ3n) is 3.24. The molecule has 19 heavy (non-hydrogen) atoms. The normalized spacial score (nSPS) is 11.3. The Morgan fingerprint density at radius 3 is 2.47 bits per heavy atom. The van der Waals surface area contributed by atoms with Crippen molar-refractivity contribution in [2.45, 2.75) is 40.2 Å². The predicted octanol–water partition coefficient (Wildman–Crippen LogP) is 3.76.